The summed E-state index contributed by atoms with van der Waals surface area (Å²) in [6.07, 6.45) is 8.51. The van der Waals surface area contributed by atoms with Crippen LogP contribution in [-0.2, 0) is 6.42 Å². The van der Waals surface area contributed by atoms with Gasteiger partial charge in [-0.3, -0.25) is 4.40 Å². The molecule has 180 valence electrons. The Balaban J connectivity index is 1.28. The summed E-state index contributed by atoms with van der Waals surface area (Å²) in [7, 11) is 1.79. The highest BCUT2D eigenvalue weighted by Crippen LogP contribution is 2.51. The maximum absolute atomic E-state index is 6.77. The summed E-state index contributed by atoms with van der Waals surface area (Å²) in [5.74, 6) is 1.87. The zero-order valence-corrected chi connectivity index (χ0v) is 21.0. The molecule has 4 aromatic rings. The molecule has 6 rings (SSSR count). The maximum Gasteiger partial charge on any atom is 0.213 e. The van der Waals surface area contributed by atoms with Crippen LogP contribution in [0.2, 0.25) is 5.02 Å². The molecule has 0 amide bonds. The number of hydrogen-bond donors (Lipinski definition) is 3. The molecular formula is C25H27ClN8S. The van der Waals surface area contributed by atoms with Crippen molar-refractivity contribution in [1.29, 1.82) is 0 Å². The summed E-state index contributed by atoms with van der Waals surface area (Å²) in [4.78, 5) is 17.6. The highest BCUT2D eigenvalue weighted by atomic mass is 35.5. The second-order valence-corrected chi connectivity index (χ2v) is 10.7. The highest BCUT2D eigenvalue weighted by Gasteiger charge is 2.46. The second kappa shape index (κ2) is 8.58. The molecule has 0 bridgehead atoms. The van der Waals surface area contributed by atoms with E-state index < -0.39 is 0 Å². The molecule has 2 aliphatic rings. The standard InChI is InChI=1S/C25H27ClN8S/c1-29-22-18(26)17(6-9-30-22)35-19-21(28)32-24(34-13-10-31-23(19)34)33-11-7-25(8-12-33)14-15-4-2-3-5-16(15)20(25)27/h2-6,9-10,13,20H,7-8,11-12,14,27-28H2,1H3,(H,29,30)/t20-/m1/s1. The number of rotatable bonds is 4. The fraction of sp³-hybridized carbons (Fsp3) is 0.320. The van der Waals surface area contributed by atoms with E-state index in [-0.39, 0.29) is 11.5 Å². The average Bonchev–Trinajstić information content (AvgIpc) is 3.46. The van der Waals surface area contributed by atoms with Gasteiger partial charge in [0.05, 0.1) is 9.92 Å². The monoisotopic (exact) mass is 506 g/mol. The number of imidazole rings is 1. The number of fused-ring (bicyclic) bond motifs is 2. The van der Waals surface area contributed by atoms with Gasteiger partial charge in [-0.1, -0.05) is 47.6 Å². The molecule has 8 nitrogen and oxygen atoms in total. The third-order valence-electron chi connectivity index (χ3n) is 7.45. The van der Waals surface area contributed by atoms with Crippen LogP contribution in [-0.4, -0.2) is 39.5 Å². The van der Waals surface area contributed by atoms with Crippen LogP contribution in [0.25, 0.3) is 5.65 Å². The molecule has 1 spiro atoms. The molecule has 4 heterocycles. The van der Waals surface area contributed by atoms with Crippen LogP contribution in [0.15, 0.2) is 58.7 Å². The number of hydrogen-bond acceptors (Lipinski definition) is 8. The minimum atomic E-state index is 0.0820. The summed E-state index contributed by atoms with van der Waals surface area (Å²) in [6, 6.07) is 10.6. The minimum absolute atomic E-state index is 0.0820. The van der Waals surface area contributed by atoms with Gasteiger partial charge in [0.15, 0.2) is 5.65 Å². The van der Waals surface area contributed by atoms with Crippen LogP contribution in [0, 0.1) is 5.41 Å². The summed E-state index contributed by atoms with van der Waals surface area (Å²) >= 11 is 7.99. The molecule has 1 saturated heterocycles. The van der Waals surface area contributed by atoms with Gasteiger partial charge < -0.3 is 21.7 Å². The Kier molecular flexibility index (Phi) is 5.51. The lowest BCUT2D eigenvalue weighted by molar-refractivity contribution is 0.187. The van der Waals surface area contributed by atoms with Crippen molar-refractivity contribution in [2.24, 2.45) is 11.1 Å². The largest absolute Gasteiger partial charge is 0.383 e. The molecule has 35 heavy (non-hydrogen) atoms. The lowest BCUT2D eigenvalue weighted by Crippen LogP contribution is -2.45. The van der Waals surface area contributed by atoms with Gasteiger partial charge >= 0.3 is 0 Å². The third kappa shape index (κ3) is 3.61. The van der Waals surface area contributed by atoms with Crippen LogP contribution in [0.3, 0.4) is 0 Å². The first-order chi connectivity index (χ1) is 17.0. The van der Waals surface area contributed by atoms with Gasteiger partial charge in [-0.2, -0.15) is 4.98 Å². The summed E-state index contributed by atoms with van der Waals surface area (Å²) in [6.45, 7) is 1.74. The molecule has 1 atom stereocenters. The first-order valence-electron chi connectivity index (χ1n) is 11.7. The molecule has 1 aliphatic carbocycles. The van der Waals surface area contributed by atoms with Crippen molar-refractivity contribution >= 4 is 46.6 Å². The molecule has 0 saturated carbocycles. The molecule has 0 radical (unpaired) electrons. The summed E-state index contributed by atoms with van der Waals surface area (Å²) in [5.41, 5.74) is 16.9. The topological polar surface area (TPSA) is 110 Å². The Morgan fingerprint density at radius 2 is 1.94 bits per heavy atom. The predicted molar refractivity (Wildman–Crippen MR) is 141 cm³/mol. The number of nitrogens with one attached hydrogen (secondary N) is 1. The van der Waals surface area contributed by atoms with Crippen LogP contribution in [0.4, 0.5) is 17.6 Å². The third-order valence-corrected chi connectivity index (χ3v) is 9.10. The van der Waals surface area contributed by atoms with E-state index in [9.17, 15) is 0 Å². The summed E-state index contributed by atoms with van der Waals surface area (Å²) < 4.78 is 2.02. The van der Waals surface area contributed by atoms with E-state index in [0.29, 0.717) is 16.7 Å². The Morgan fingerprint density at radius 1 is 1.14 bits per heavy atom. The van der Waals surface area contributed by atoms with Crippen molar-refractivity contribution in [3.05, 3.63) is 65.1 Å². The highest BCUT2D eigenvalue weighted by molar-refractivity contribution is 7.99. The van der Waals surface area contributed by atoms with Crippen molar-refractivity contribution in [2.75, 3.05) is 36.1 Å². The smallest absolute Gasteiger partial charge is 0.213 e. The Morgan fingerprint density at radius 3 is 2.71 bits per heavy atom. The van der Waals surface area contributed by atoms with Crippen LogP contribution in [0.5, 0.6) is 0 Å². The van der Waals surface area contributed by atoms with E-state index in [4.69, 9.17) is 28.1 Å². The maximum atomic E-state index is 6.77. The Labute approximate surface area is 213 Å². The first kappa shape index (κ1) is 22.5. The van der Waals surface area contributed by atoms with Gasteiger partial charge in [0.2, 0.25) is 5.95 Å². The van der Waals surface area contributed by atoms with Gasteiger partial charge in [0.1, 0.15) is 11.6 Å². The zero-order valence-electron chi connectivity index (χ0n) is 19.4. The lowest BCUT2D eigenvalue weighted by atomic mass is 9.73. The van der Waals surface area contributed by atoms with E-state index in [1.54, 1.807) is 19.4 Å². The van der Waals surface area contributed by atoms with Gasteiger partial charge in [0.25, 0.3) is 0 Å². The zero-order chi connectivity index (χ0) is 24.2. The fourth-order valence-corrected chi connectivity index (χ4v) is 6.78. The van der Waals surface area contributed by atoms with Gasteiger partial charge in [-0.25, -0.2) is 9.97 Å². The molecule has 1 fully saturated rings. The molecule has 3 aromatic heterocycles. The molecule has 10 heteroatoms. The SMILES string of the molecule is CNc1nccc(Sc2c(N)nc(N3CCC4(CC3)Cc3ccccc3[C@H]4N)n3ccnc23)c1Cl. The Bertz CT molecular complexity index is 1410. The number of benzene rings is 1. The van der Waals surface area contributed by atoms with E-state index in [0.717, 1.165) is 53.7 Å². The lowest BCUT2D eigenvalue weighted by Gasteiger charge is -2.42. The normalized spacial score (nSPS) is 18.8. The molecule has 1 aliphatic heterocycles. The fourth-order valence-electron chi connectivity index (χ4n) is 5.53. The van der Waals surface area contributed by atoms with Gasteiger partial charge in [-0.05, 0) is 41.9 Å². The van der Waals surface area contributed by atoms with Gasteiger partial charge in [0, 0.05) is 49.7 Å². The number of nitrogens with zero attached hydrogens (tertiary/aromatic N) is 5. The number of nitrogen functional groups attached to an aromatic ring is 1. The van der Waals surface area contributed by atoms with Crippen molar-refractivity contribution in [3.8, 4) is 0 Å². The predicted octanol–water partition coefficient (Wildman–Crippen LogP) is 4.40. The molecule has 5 N–H and O–H groups in total. The van der Waals surface area contributed by atoms with E-state index >= 15 is 0 Å². The van der Waals surface area contributed by atoms with E-state index in [1.807, 2.05) is 16.7 Å². The Hall–Kier alpha value is -3.01. The molecule has 0 unspecified atom stereocenters. The average molecular weight is 507 g/mol. The van der Waals surface area contributed by atoms with Crippen LogP contribution in [0.1, 0.15) is 30.0 Å². The van der Waals surface area contributed by atoms with Crippen molar-refractivity contribution in [3.63, 3.8) is 0 Å². The first-order valence-corrected chi connectivity index (χ1v) is 12.9. The molecular weight excluding hydrogens is 480 g/mol. The molecule has 1 aromatic carbocycles. The number of piperidine rings is 1. The number of aromatic nitrogens is 4. The number of pyridine rings is 1. The quantitative estimate of drug-likeness (QED) is 0.373. The summed E-state index contributed by atoms with van der Waals surface area (Å²) in [5, 5.41) is 3.56. The van der Waals surface area contributed by atoms with Gasteiger partial charge in [-0.15, -0.1) is 0 Å². The van der Waals surface area contributed by atoms with Crippen molar-refractivity contribution < 1.29 is 0 Å². The van der Waals surface area contributed by atoms with Crippen molar-refractivity contribution in [1.82, 2.24) is 19.4 Å². The van der Waals surface area contributed by atoms with E-state index in [2.05, 4.69) is 44.5 Å². The van der Waals surface area contributed by atoms with Crippen LogP contribution >= 0.6 is 23.4 Å². The van der Waals surface area contributed by atoms with E-state index in [1.165, 1.54) is 22.9 Å². The number of halogens is 1. The van der Waals surface area contributed by atoms with Crippen molar-refractivity contribution in [2.45, 2.75) is 35.1 Å². The number of nitrogens with two attached hydrogens (primary N) is 2. The minimum Gasteiger partial charge on any atom is -0.383 e. The number of anilines is 3. The second-order valence-electron chi connectivity index (χ2n) is 9.27. The van der Waals surface area contributed by atoms with Crippen LogP contribution < -0.4 is 21.7 Å².